The van der Waals surface area contributed by atoms with Gasteiger partial charge in [0.15, 0.2) is 0 Å². The predicted octanol–water partition coefficient (Wildman–Crippen LogP) is -4.31. The molecule has 0 bridgehead atoms. The van der Waals surface area contributed by atoms with Gasteiger partial charge in [0, 0.05) is 13.6 Å². The standard InChI is InChI=1S/C8H14N4O10S2/c1-3-10-5(14)8(4(13)9-2,6(15)11-23(17,18)19)7(16)12-24(20,21)22/h3H2,1-2H3,(H,9,13)(H,10,14)(H,11,15)(H,12,16)(H,17,18,19)(H,20,21,22). The average Bonchev–Trinajstić information content (AvgIpc) is 2.35. The van der Waals surface area contributed by atoms with Crippen LogP contribution in [0.3, 0.4) is 0 Å². The van der Waals surface area contributed by atoms with Gasteiger partial charge in [-0.3, -0.25) is 28.3 Å². The van der Waals surface area contributed by atoms with E-state index in [1.165, 1.54) is 6.92 Å². The minimum atomic E-state index is -5.33. The van der Waals surface area contributed by atoms with Crippen LogP contribution in [0, 0.1) is 5.41 Å². The van der Waals surface area contributed by atoms with Crippen molar-refractivity contribution < 1.29 is 45.1 Å². The van der Waals surface area contributed by atoms with Crippen molar-refractivity contribution in [1.82, 2.24) is 20.1 Å². The number of carbonyl (C=O) groups is 4. The first-order chi connectivity index (χ1) is 10.7. The van der Waals surface area contributed by atoms with Gasteiger partial charge in [0.2, 0.25) is 0 Å². The molecule has 0 atom stereocenters. The molecule has 0 aromatic carbocycles. The van der Waals surface area contributed by atoms with E-state index in [2.05, 4.69) is 0 Å². The van der Waals surface area contributed by atoms with Crippen LogP contribution in [0.4, 0.5) is 0 Å². The molecule has 4 amide bonds. The molecule has 0 saturated heterocycles. The Kier molecular flexibility index (Phi) is 6.79. The Morgan fingerprint density at radius 2 is 1.21 bits per heavy atom. The molecular weight excluding hydrogens is 376 g/mol. The van der Waals surface area contributed by atoms with Gasteiger partial charge in [0.25, 0.3) is 29.0 Å². The summed E-state index contributed by atoms with van der Waals surface area (Å²) < 4.78 is 61.8. The topological polar surface area (TPSA) is 225 Å². The first-order valence-corrected chi connectivity index (χ1v) is 8.70. The van der Waals surface area contributed by atoms with Crippen molar-refractivity contribution in [1.29, 1.82) is 0 Å². The summed E-state index contributed by atoms with van der Waals surface area (Å²) in [6.45, 7) is 1.05. The van der Waals surface area contributed by atoms with E-state index < -0.39 is 49.7 Å². The second-order valence-electron chi connectivity index (χ2n) is 4.00. The molecule has 0 aromatic heterocycles. The quantitative estimate of drug-likeness (QED) is 0.181. The SMILES string of the molecule is CCNC(=O)C(C(=O)NC)(C(=O)NS(=O)(=O)O)C(=O)NS(=O)(=O)O. The van der Waals surface area contributed by atoms with E-state index in [0.717, 1.165) is 16.5 Å². The lowest BCUT2D eigenvalue weighted by atomic mass is 9.84. The smallest absolute Gasteiger partial charge is 0.357 e. The van der Waals surface area contributed by atoms with Gasteiger partial charge >= 0.3 is 20.6 Å². The van der Waals surface area contributed by atoms with Gasteiger partial charge in [-0.05, 0) is 6.92 Å². The van der Waals surface area contributed by atoms with Crippen LogP contribution in [-0.4, -0.2) is 63.2 Å². The normalized spacial score (nSPS) is 12.0. The second kappa shape index (κ2) is 7.51. The molecule has 0 radical (unpaired) electrons. The molecule has 24 heavy (non-hydrogen) atoms. The Balaban J connectivity index is 6.46. The Morgan fingerprint density at radius 1 is 0.833 bits per heavy atom. The second-order valence-corrected chi connectivity index (χ2v) is 6.31. The van der Waals surface area contributed by atoms with Crippen molar-refractivity contribution in [2.45, 2.75) is 6.92 Å². The first kappa shape index (κ1) is 21.7. The van der Waals surface area contributed by atoms with Crippen LogP contribution in [-0.2, 0) is 39.8 Å². The first-order valence-electron chi connectivity index (χ1n) is 5.82. The van der Waals surface area contributed by atoms with E-state index in [9.17, 15) is 36.0 Å². The largest absolute Gasteiger partial charge is 0.359 e. The van der Waals surface area contributed by atoms with Crippen LogP contribution in [0.5, 0.6) is 0 Å². The van der Waals surface area contributed by atoms with Gasteiger partial charge < -0.3 is 10.6 Å². The summed E-state index contributed by atoms with van der Waals surface area (Å²) in [7, 11) is -9.81. The minimum Gasteiger partial charge on any atom is -0.357 e. The molecule has 0 saturated carbocycles. The third-order valence-electron chi connectivity index (χ3n) is 2.37. The number of hydrogen-bond donors (Lipinski definition) is 6. The van der Waals surface area contributed by atoms with E-state index >= 15 is 0 Å². The monoisotopic (exact) mass is 390 g/mol. The predicted molar refractivity (Wildman–Crippen MR) is 74.6 cm³/mol. The Bertz CT molecular complexity index is 710. The maximum absolute atomic E-state index is 12.1. The molecule has 6 N–H and O–H groups in total. The highest BCUT2D eigenvalue weighted by Gasteiger charge is 2.60. The van der Waals surface area contributed by atoms with Crippen molar-refractivity contribution >= 4 is 44.2 Å². The number of carbonyl (C=O) groups excluding carboxylic acids is 4. The maximum atomic E-state index is 12.1. The zero-order valence-corrected chi connectivity index (χ0v) is 13.8. The number of rotatable bonds is 7. The number of nitrogens with one attached hydrogen (secondary N) is 4. The highest BCUT2D eigenvalue weighted by atomic mass is 32.2. The molecule has 0 aliphatic carbocycles. The molecule has 0 heterocycles. The van der Waals surface area contributed by atoms with Crippen molar-refractivity contribution in [2.24, 2.45) is 5.41 Å². The summed E-state index contributed by atoms with van der Waals surface area (Å²) in [6.07, 6.45) is 0. The van der Waals surface area contributed by atoms with E-state index in [0.29, 0.717) is 0 Å². The summed E-state index contributed by atoms with van der Waals surface area (Å²) in [5.41, 5.74) is -3.63. The van der Waals surface area contributed by atoms with E-state index in [1.807, 2.05) is 5.32 Å². The Morgan fingerprint density at radius 3 is 1.46 bits per heavy atom. The van der Waals surface area contributed by atoms with Crippen LogP contribution in [0.2, 0.25) is 0 Å². The molecule has 0 spiro atoms. The summed E-state index contributed by atoms with van der Waals surface area (Å²) in [6, 6.07) is 0. The van der Waals surface area contributed by atoms with Crippen LogP contribution in [0.15, 0.2) is 0 Å². The molecule has 138 valence electrons. The maximum Gasteiger partial charge on any atom is 0.359 e. The van der Waals surface area contributed by atoms with Gasteiger partial charge in [-0.15, -0.1) is 0 Å². The fourth-order valence-corrected chi connectivity index (χ4v) is 2.26. The molecule has 0 rings (SSSR count). The third kappa shape index (κ3) is 5.11. The Labute approximate surface area is 136 Å². The molecule has 0 aromatic rings. The summed E-state index contributed by atoms with van der Waals surface area (Å²) in [4.78, 5) is 48.1. The molecule has 16 heteroatoms. The average molecular weight is 390 g/mol. The van der Waals surface area contributed by atoms with E-state index in [4.69, 9.17) is 9.11 Å². The zero-order chi connectivity index (χ0) is 19.3. The van der Waals surface area contributed by atoms with Gasteiger partial charge in [-0.1, -0.05) is 0 Å². The van der Waals surface area contributed by atoms with Crippen molar-refractivity contribution in [2.75, 3.05) is 13.6 Å². The molecule has 0 aliphatic heterocycles. The molecule has 14 nitrogen and oxygen atoms in total. The van der Waals surface area contributed by atoms with E-state index in [-0.39, 0.29) is 6.54 Å². The molecule has 0 unspecified atom stereocenters. The molecule has 0 fully saturated rings. The van der Waals surface area contributed by atoms with Gasteiger partial charge in [0.1, 0.15) is 0 Å². The summed E-state index contributed by atoms with van der Waals surface area (Å²) in [5.74, 6) is -7.82. The summed E-state index contributed by atoms with van der Waals surface area (Å²) in [5, 5.41) is 3.56. The number of hydrogen-bond acceptors (Lipinski definition) is 8. The van der Waals surface area contributed by atoms with Crippen LogP contribution >= 0.6 is 0 Å². The molecule has 0 aliphatic rings. The molecular formula is C8H14N4O10S2. The third-order valence-corrected chi connectivity index (χ3v) is 3.26. The van der Waals surface area contributed by atoms with Crippen molar-refractivity contribution in [3.8, 4) is 0 Å². The van der Waals surface area contributed by atoms with Gasteiger partial charge in [-0.25, -0.2) is 9.44 Å². The highest BCUT2D eigenvalue weighted by molar-refractivity contribution is 7.84. The minimum absolute atomic E-state index is 0.254. The highest BCUT2D eigenvalue weighted by Crippen LogP contribution is 2.20. The van der Waals surface area contributed by atoms with Crippen molar-refractivity contribution in [3.05, 3.63) is 0 Å². The van der Waals surface area contributed by atoms with E-state index in [1.54, 1.807) is 5.32 Å². The van der Waals surface area contributed by atoms with Gasteiger partial charge in [0.05, 0.1) is 0 Å². The lowest BCUT2D eigenvalue weighted by Gasteiger charge is -2.26. The lowest BCUT2D eigenvalue weighted by Crippen LogP contribution is -2.66. The van der Waals surface area contributed by atoms with Crippen molar-refractivity contribution in [3.63, 3.8) is 0 Å². The van der Waals surface area contributed by atoms with Crippen LogP contribution in [0.25, 0.3) is 0 Å². The number of amides is 4. The fourth-order valence-electron chi connectivity index (χ4n) is 1.49. The zero-order valence-electron chi connectivity index (χ0n) is 12.2. The Hall–Kier alpha value is -2.30. The van der Waals surface area contributed by atoms with Gasteiger partial charge in [-0.2, -0.15) is 16.8 Å². The summed E-state index contributed by atoms with van der Waals surface area (Å²) >= 11 is 0. The van der Waals surface area contributed by atoms with Crippen LogP contribution in [0.1, 0.15) is 6.92 Å². The fraction of sp³-hybridized carbons (Fsp3) is 0.500. The van der Waals surface area contributed by atoms with Crippen LogP contribution < -0.4 is 20.1 Å². The lowest BCUT2D eigenvalue weighted by molar-refractivity contribution is -0.156.